The van der Waals surface area contributed by atoms with Crippen LogP contribution in [-0.4, -0.2) is 20.5 Å². The SMILES string of the molecule is O=C1C[C@@H](c2ccco2)CC2=C1[C@H](c1ccc(OCc3ccccc3)cc1)n1ncnc1N2. The van der Waals surface area contributed by atoms with Crippen LogP contribution in [0, 0.1) is 0 Å². The van der Waals surface area contributed by atoms with Crippen LogP contribution in [-0.2, 0) is 11.4 Å². The van der Waals surface area contributed by atoms with Crippen LogP contribution in [0.1, 0.15) is 41.7 Å². The van der Waals surface area contributed by atoms with Crippen molar-refractivity contribution >= 4 is 11.7 Å². The molecule has 164 valence electrons. The average Bonchev–Trinajstić information content (AvgIpc) is 3.55. The second-order valence-corrected chi connectivity index (χ2v) is 8.34. The number of hydrogen-bond acceptors (Lipinski definition) is 6. The summed E-state index contributed by atoms with van der Waals surface area (Å²) in [4.78, 5) is 17.7. The zero-order chi connectivity index (χ0) is 22.2. The molecule has 2 aromatic heterocycles. The van der Waals surface area contributed by atoms with E-state index in [4.69, 9.17) is 9.15 Å². The summed E-state index contributed by atoms with van der Waals surface area (Å²) >= 11 is 0. The summed E-state index contributed by atoms with van der Waals surface area (Å²) in [6, 6.07) is 21.4. The Labute approximate surface area is 190 Å². The number of aromatic nitrogens is 3. The molecule has 0 saturated heterocycles. The maximum absolute atomic E-state index is 13.4. The lowest BCUT2D eigenvalue weighted by Crippen LogP contribution is -2.33. The van der Waals surface area contributed by atoms with Gasteiger partial charge in [-0.3, -0.25) is 4.79 Å². The van der Waals surface area contributed by atoms with E-state index in [-0.39, 0.29) is 17.7 Å². The monoisotopic (exact) mass is 438 g/mol. The Kier molecular flexibility index (Phi) is 4.79. The van der Waals surface area contributed by atoms with Gasteiger partial charge in [0.05, 0.1) is 6.26 Å². The van der Waals surface area contributed by atoms with E-state index in [2.05, 4.69) is 15.4 Å². The Morgan fingerprint density at radius 2 is 1.88 bits per heavy atom. The van der Waals surface area contributed by atoms with Gasteiger partial charge in [0.2, 0.25) is 5.95 Å². The van der Waals surface area contributed by atoms with Crippen LogP contribution in [0.4, 0.5) is 5.95 Å². The van der Waals surface area contributed by atoms with Gasteiger partial charge in [0.15, 0.2) is 5.78 Å². The number of rotatable bonds is 5. The quantitative estimate of drug-likeness (QED) is 0.479. The molecule has 0 radical (unpaired) electrons. The smallest absolute Gasteiger partial charge is 0.226 e. The summed E-state index contributed by atoms with van der Waals surface area (Å²) in [6.07, 6.45) is 4.27. The molecular formula is C26H22N4O3. The van der Waals surface area contributed by atoms with Crippen molar-refractivity contribution in [3.05, 3.63) is 107 Å². The average molecular weight is 438 g/mol. The van der Waals surface area contributed by atoms with Crippen molar-refractivity contribution in [3.63, 3.8) is 0 Å². The number of carbonyl (C=O) groups excluding carboxylic acids is 1. The molecule has 0 fully saturated rings. The van der Waals surface area contributed by atoms with Gasteiger partial charge in [0, 0.05) is 23.6 Å². The Hall–Kier alpha value is -4.13. The topological polar surface area (TPSA) is 82.2 Å². The molecule has 0 unspecified atom stereocenters. The first-order chi connectivity index (χ1) is 16.3. The van der Waals surface area contributed by atoms with E-state index in [0.29, 0.717) is 25.4 Å². The van der Waals surface area contributed by atoms with Gasteiger partial charge in [0.25, 0.3) is 0 Å². The first-order valence-electron chi connectivity index (χ1n) is 11.0. The van der Waals surface area contributed by atoms with Crippen molar-refractivity contribution in [3.8, 4) is 5.75 Å². The van der Waals surface area contributed by atoms with Gasteiger partial charge in [-0.25, -0.2) is 4.68 Å². The van der Waals surface area contributed by atoms with Crippen LogP contribution in [0.3, 0.4) is 0 Å². The van der Waals surface area contributed by atoms with Crippen LogP contribution in [0.5, 0.6) is 5.75 Å². The largest absolute Gasteiger partial charge is 0.489 e. The van der Waals surface area contributed by atoms with Crippen LogP contribution >= 0.6 is 0 Å². The van der Waals surface area contributed by atoms with Crippen molar-refractivity contribution in [1.29, 1.82) is 0 Å². The van der Waals surface area contributed by atoms with Gasteiger partial charge >= 0.3 is 0 Å². The Morgan fingerprint density at radius 3 is 2.67 bits per heavy atom. The summed E-state index contributed by atoms with van der Waals surface area (Å²) in [5, 5.41) is 7.75. The van der Waals surface area contributed by atoms with E-state index in [1.165, 1.54) is 6.33 Å². The number of nitrogens with one attached hydrogen (secondary N) is 1. The summed E-state index contributed by atoms with van der Waals surface area (Å²) in [5.74, 6) is 2.36. The van der Waals surface area contributed by atoms with E-state index in [0.717, 1.165) is 33.9 Å². The number of fused-ring (bicyclic) bond motifs is 1. The molecule has 3 heterocycles. The molecule has 2 aliphatic rings. The van der Waals surface area contributed by atoms with Crippen LogP contribution < -0.4 is 10.1 Å². The van der Waals surface area contributed by atoms with Crippen molar-refractivity contribution in [2.45, 2.75) is 31.4 Å². The Morgan fingerprint density at radius 1 is 1.03 bits per heavy atom. The molecule has 6 rings (SSSR count). The molecular weight excluding hydrogens is 416 g/mol. The Balaban J connectivity index is 1.30. The molecule has 7 heteroatoms. The van der Waals surface area contributed by atoms with E-state index in [1.807, 2.05) is 66.7 Å². The van der Waals surface area contributed by atoms with Gasteiger partial charge in [-0.05, 0) is 41.8 Å². The molecule has 33 heavy (non-hydrogen) atoms. The number of ether oxygens (including phenoxy) is 1. The fraction of sp³-hybridized carbons (Fsp3) is 0.192. The molecule has 2 atom stereocenters. The van der Waals surface area contributed by atoms with E-state index < -0.39 is 0 Å². The minimum absolute atomic E-state index is 0.0163. The summed E-state index contributed by atoms with van der Waals surface area (Å²) in [6.45, 7) is 0.503. The second kappa shape index (κ2) is 8.09. The van der Waals surface area contributed by atoms with E-state index in [1.54, 1.807) is 10.9 Å². The number of furan rings is 1. The lowest BCUT2D eigenvalue weighted by atomic mass is 9.79. The predicted octanol–water partition coefficient (Wildman–Crippen LogP) is 4.87. The number of ketones is 1. The fourth-order valence-electron chi connectivity index (χ4n) is 4.67. The molecule has 1 N–H and O–H groups in total. The maximum Gasteiger partial charge on any atom is 0.226 e. The maximum atomic E-state index is 13.4. The van der Waals surface area contributed by atoms with Gasteiger partial charge in [-0.1, -0.05) is 42.5 Å². The molecule has 0 spiro atoms. The number of carbonyl (C=O) groups is 1. The second-order valence-electron chi connectivity index (χ2n) is 8.34. The van der Waals surface area contributed by atoms with Gasteiger partial charge in [0.1, 0.15) is 30.5 Å². The number of nitrogens with zero attached hydrogens (tertiary/aromatic N) is 3. The lowest BCUT2D eigenvalue weighted by molar-refractivity contribution is -0.117. The molecule has 4 aromatic rings. The third-order valence-electron chi connectivity index (χ3n) is 6.25. The summed E-state index contributed by atoms with van der Waals surface area (Å²) < 4.78 is 13.3. The molecule has 0 amide bonds. The van der Waals surface area contributed by atoms with E-state index >= 15 is 0 Å². The third kappa shape index (κ3) is 3.61. The van der Waals surface area contributed by atoms with Gasteiger partial charge in [-0.15, -0.1) is 0 Å². The number of anilines is 1. The molecule has 1 aliphatic heterocycles. The molecule has 0 saturated carbocycles. The number of Topliss-reactive ketones (excluding diaryl/α,β-unsaturated/α-hetero) is 1. The summed E-state index contributed by atoms with van der Waals surface area (Å²) in [7, 11) is 0. The molecule has 2 aromatic carbocycles. The highest BCUT2D eigenvalue weighted by atomic mass is 16.5. The highest BCUT2D eigenvalue weighted by Gasteiger charge is 2.39. The summed E-state index contributed by atoms with van der Waals surface area (Å²) in [5.41, 5.74) is 3.71. The van der Waals surface area contributed by atoms with Gasteiger partial charge < -0.3 is 14.5 Å². The Bertz CT molecular complexity index is 1310. The van der Waals surface area contributed by atoms with Crippen LogP contribution in [0.2, 0.25) is 0 Å². The van der Waals surface area contributed by atoms with Crippen molar-refractivity contribution in [2.24, 2.45) is 0 Å². The van der Waals surface area contributed by atoms with E-state index in [9.17, 15) is 4.79 Å². The minimum Gasteiger partial charge on any atom is -0.489 e. The molecule has 1 aliphatic carbocycles. The highest BCUT2D eigenvalue weighted by molar-refractivity contribution is 6.00. The predicted molar refractivity (Wildman–Crippen MR) is 122 cm³/mol. The normalized spacial score (nSPS) is 19.6. The molecule has 7 nitrogen and oxygen atoms in total. The van der Waals surface area contributed by atoms with Crippen LogP contribution in [0.25, 0.3) is 0 Å². The zero-order valence-electron chi connectivity index (χ0n) is 17.8. The molecule has 0 bridgehead atoms. The van der Waals surface area contributed by atoms with Crippen molar-refractivity contribution < 1.29 is 13.9 Å². The zero-order valence-corrected chi connectivity index (χ0v) is 17.8. The van der Waals surface area contributed by atoms with Crippen molar-refractivity contribution in [1.82, 2.24) is 14.8 Å². The first-order valence-corrected chi connectivity index (χ1v) is 11.0. The fourth-order valence-corrected chi connectivity index (χ4v) is 4.67. The minimum atomic E-state index is -0.327. The first kappa shape index (κ1) is 19.5. The third-order valence-corrected chi connectivity index (χ3v) is 6.25. The van der Waals surface area contributed by atoms with Gasteiger partial charge in [-0.2, -0.15) is 10.1 Å². The number of benzene rings is 2. The number of hydrogen-bond donors (Lipinski definition) is 1. The lowest BCUT2D eigenvalue weighted by Gasteiger charge is -2.34. The number of allylic oxidation sites excluding steroid dienone is 2. The van der Waals surface area contributed by atoms with Crippen molar-refractivity contribution in [2.75, 3.05) is 5.32 Å². The van der Waals surface area contributed by atoms with Crippen LogP contribution in [0.15, 0.2) is 95.0 Å². The standard InChI is InChI=1S/C26H22N4O3/c31-22-14-19(23-7-4-12-32-23)13-21-24(22)25(30-26(29-21)27-16-28-30)18-8-10-20(11-9-18)33-15-17-5-2-1-3-6-17/h1-12,16,19,25H,13-15H2,(H,27,28,29)/t19-,25-/m0/s1. The highest BCUT2D eigenvalue weighted by Crippen LogP contribution is 2.44.